The predicted molar refractivity (Wildman–Crippen MR) is 76.5 cm³/mol. The second kappa shape index (κ2) is 6.74. The van der Waals surface area contributed by atoms with Gasteiger partial charge < -0.3 is 4.74 Å². The fourth-order valence-corrected chi connectivity index (χ4v) is 2.20. The fourth-order valence-electron chi connectivity index (χ4n) is 1.78. The molecule has 7 heteroatoms. The zero-order valence-corrected chi connectivity index (χ0v) is 12.4. The van der Waals surface area contributed by atoms with E-state index in [0.717, 1.165) is 5.56 Å². The lowest BCUT2D eigenvalue weighted by atomic mass is 10.0. The number of nitrogens with one attached hydrogen (secondary N) is 1. The Kier molecular flexibility index (Phi) is 4.99. The Labute approximate surface area is 124 Å². The first-order valence-electron chi connectivity index (χ1n) is 5.91. The molecule has 0 spiro atoms. The van der Waals surface area contributed by atoms with Crippen LogP contribution < -0.4 is 16.0 Å². The van der Waals surface area contributed by atoms with Crippen LogP contribution in [0.2, 0.25) is 0 Å². The Morgan fingerprint density at radius 3 is 2.70 bits per heavy atom. The largest absolute Gasteiger partial charge is 0.480 e. The summed E-state index contributed by atoms with van der Waals surface area (Å²) in [6.45, 7) is 0. The van der Waals surface area contributed by atoms with Crippen molar-refractivity contribution in [3.8, 4) is 5.88 Å². The van der Waals surface area contributed by atoms with E-state index in [4.69, 9.17) is 10.6 Å². The van der Waals surface area contributed by atoms with Crippen molar-refractivity contribution in [2.24, 2.45) is 5.84 Å². The van der Waals surface area contributed by atoms with E-state index >= 15 is 0 Å². The van der Waals surface area contributed by atoms with E-state index in [1.807, 2.05) is 0 Å². The van der Waals surface area contributed by atoms with E-state index < -0.39 is 0 Å². The maximum absolute atomic E-state index is 13.2. The second-order valence-corrected chi connectivity index (χ2v) is 5.03. The number of hydrazine groups is 1. The molecule has 20 heavy (non-hydrogen) atoms. The summed E-state index contributed by atoms with van der Waals surface area (Å²) in [5.41, 5.74) is 4.30. The number of ether oxygens (including phenoxy) is 1. The smallest absolute Gasteiger partial charge is 0.233 e. The molecule has 1 unspecified atom stereocenters. The van der Waals surface area contributed by atoms with E-state index in [1.54, 1.807) is 24.3 Å². The van der Waals surface area contributed by atoms with Gasteiger partial charge in [0.15, 0.2) is 0 Å². The van der Waals surface area contributed by atoms with Crippen molar-refractivity contribution in [3.05, 3.63) is 51.9 Å². The van der Waals surface area contributed by atoms with Gasteiger partial charge in [-0.25, -0.2) is 4.39 Å². The minimum atomic E-state index is -0.296. The normalized spacial score (nSPS) is 12.2. The van der Waals surface area contributed by atoms with Crippen molar-refractivity contribution < 1.29 is 9.13 Å². The van der Waals surface area contributed by atoms with Gasteiger partial charge in [0, 0.05) is 6.07 Å². The van der Waals surface area contributed by atoms with Crippen LogP contribution in [0, 0.1) is 5.82 Å². The molecule has 3 N–H and O–H groups in total. The number of aromatic nitrogens is 2. The third-order valence-corrected chi connectivity index (χ3v) is 3.46. The van der Waals surface area contributed by atoms with Crippen molar-refractivity contribution in [3.63, 3.8) is 0 Å². The number of nitrogens with two attached hydrogens (primary N) is 1. The van der Waals surface area contributed by atoms with E-state index in [9.17, 15) is 4.39 Å². The first-order valence-corrected chi connectivity index (χ1v) is 6.71. The van der Waals surface area contributed by atoms with Gasteiger partial charge in [-0.2, -0.15) is 5.10 Å². The maximum Gasteiger partial charge on any atom is 0.233 e. The Balaban J connectivity index is 2.16. The minimum Gasteiger partial charge on any atom is -0.480 e. The van der Waals surface area contributed by atoms with Gasteiger partial charge in [0.1, 0.15) is 5.82 Å². The van der Waals surface area contributed by atoms with Crippen molar-refractivity contribution in [2.45, 2.75) is 12.5 Å². The second-order valence-electron chi connectivity index (χ2n) is 4.17. The zero-order chi connectivity index (χ0) is 14.5. The van der Waals surface area contributed by atoms with Crippen molar-refractivity contribution in [2.75, 3.05) is 7.11 Å². The summed E-state index contributed by atoms with van der Waals surface area (Å²) in [5, 5.41) is 7.96. The van der Waals surface area contributed by atoms with Crippen LogP contribution in [0.4, 0.5) is 4.39 Å². The fraction of sp³-hybridized carbons (Fsp3) is 0.231. The monoisotopic (exact) mass is 340 g/mol. The number of benzene rings is 1. The molecule has 0 aliphatic heterocycles. The SMILES string of the molecule is COc1ccc(C(Cc2ccc(F)c(Br)c2)NN)nn1. The quantitative estimate of drug-likeness (QED) is 0.644. The van der Waals surface area contributed by atoms with Crippen LogP contribution in [0.3, 0.4) is 0 Å². The molecule has 0 saturated heterocycles. The molecule has 0 radical (unpaired) electrons. The van der Waals surface area contributed by atoms with Gasteiger partial charge in [-0.05, 0) is 46.1 Å². The van der Waals surface area contributed by atoms with Gasteiger partial charge in [-0.15, -0.1) is 5.10 Å². The first-order chi connectivity index (χ1) is 9.63. The van der Waals surface area contributed by atoms with Gasteiger partial charge in [0.05, 0.1) is 23.3 Å². The highest BCUT2D eigenvalue weighted by Crippen LogP contribution is 2.21. The van der Waals surface area contributed by atoms with Gasteiger partial charge in [0.25, 0.3) is 0 Å². The van der Waals surface area contributed by atoms with Crippen LogP contribution in [-0.2, 0) is 6.42 Å². The minimum absolute atomic E-state index is 0.217. The average molecular weight is 341 g/mol. The van der Waals surface area contributed by atoms with Gasteiger partial charge in [0.2, 0.25) is 5.88 Å². The predicted octanol–water partition coefficient (Wildman–Crippen LogP) is 2.13. The zero-order valence-electron chi connectivity index (χ0n) is 10.8. The van der Waals surface area contributed by atoms with Gasteiger partial charge in [-0.1, -0.05) is 6.07 Å². The molecule has 1 aromatic carbocycles. The molecule has 1 aromatic heterocycles. The third kappa shape index (κ3) is 3.50. The van der Waals surface area contributed by atoms with Gasteiger partial charge in [-0.3, -0.25) is 11.3 Å². The van der Waals surface area contributed by atoms with E-state index in [1.165, 1.54) is 13.2 Å². The van der Waals surface area contributed by atoms with Crippen LogP contribution in [0.1, 0.15) is 17.3 Å². The van der Waals surface area contributed by atoms with E-state index in [-0.39, 0.29) is 11.9 Å². The average Bonchev–Trinajstić information content (AvgIpc) is 2.48. The Morgan fingerprint density at radius 2 is 2.15 bits per heavy atom. The number of methoxy groups -OCH3 is 1. The number of hydrogen-bond acceptors (Lipinski definition) is 5. The summed E-state index contributed by atoms with van der Waals surface area (Å²) in [7, 11) is 1.53. The van der Waals surface area contributed by atoms with Crippen molar-refractivity contribution >= 4 is 15.9 Å². The number of halogens is 2. The van der Waals surface area contributed by atoms with E-state index in [0.29, 0.717) is 22.5 Å². The highest BCUT2D eigenvalue weighted by atomic mass is 79.9. The molecule has 106 valence electrons. The van der Waals surface area contributed by atoms with Crippen molar-refractivity contribution in [1.29, 1.82) is 0 Å². The van der Waals surface area contributed by atoms with E-state index in [2.05, 4.69) is 31.6 Å². The highest BCUT2D eigenvalue weighted by Gasteiger charge is 2.14. The standard InChI is InChI=1S/C13H14BrFN4O/c1-20-13-5-4-11(18-19-13)12(17-16)7-8-2-3-10(15)9(14)6-8/h2-6,12,17H,7,16H2,1H3. The van der Waals surface area contributed by atoms with Crippen molar-refractivity contribution in [1.82, 2.24) is 15.6 Å². The van der Waals surface area contributed by atoms with Gasteiger partial charge >= 0.3 is 0 Å². The maximum atomic E-state index is 13.2. The summed E-state index contributed by atoms with van der Waals surface area (Å²) < 4.78 is 18.6. The molecular formula is C13H14BrFN4O. The molecule has 1 heterocycles. The molecule has 0 aliphatic rings. The summed E-state index contributed by atoms with van der Waals surface area (Å²) in [4.78, 5) is 0. The molecular weight excluding hydrogens is 327 g/mol. The summed E-state index contributed by atoms with van der Waals surface area (Å²) in [6.07, 6.45) is 0.566. The van der Waals surface area contributed by atoms with Crippen LogP contribution in [0.15, 0.2) is 34.8 Å². The Bertz CT molecular complexity index is 579. The molecule has 2 aromatic rings. The number of nitrogens with zero attached hydrogens (tertiary/aromatic N) is 2. The van der Waals surface area contributed by atoms with Crippen LogP contribution in [-0.4, -0.2) is 17.3 Å². The van der Waals surface area contributed by atoms with Crippen LogP contribution in [0.25, 0.3) is 0 Å². The molecule has 0 aliphatic carbocycles. The number of rotatable bonds is 5. The Hall–Kier alpha value is -1.57. The molecule has 0 amide bonds. The summed E-state index contributed by atoms with van der Waals surface area (Å²) in [5.74, 6) is 5.70. The highest BCUT2D eigenvalue weighted by molar-refractivity contribution is 9.10. The molecule has 0 saturated carbocycles. The molecule has 1 atom stereocenters. The lowest BCUT2D eigenvalue weighted by Crippen LogP contribution is -2.30. The van der Waals surface area contributed by atoms with Crippen LogP contribution in [0.5, 0.6) is 5.88 Å². The van der Waals surface area contributed by atoms with Crippen LogP contribution >= 0.6 is 15.9 Å². The lowest BCUT2D eigenvalue weighted by molar-refractivity contribution is 0.389. The first kappa shape index (κ1) is 14.8. The topological polar surface area (TPSA) is 73.1 Å². The molecule has 2 rings (SSSR count). The number of hydrogen-bond donors (Lipinski definition) is 2. The molecule has 0 bridgehead atoms. The third-order valence-electron chi connectivity index (χ3n) is 2.85. The summed E-state index contributed by atoms with van der Waals surface area (Å²) >= 11 is 3.16. The lowest BCUT2D eigenvalue weighted by Gasteiger charge is -2.15. The summed E-state index contributed by atoms with van der Waals surface area (Å²) in [6, 6.07) is 8.12. The molecule has 0 fully saturated rings. The molecule has 5 nitrogen and oxygen atoms in total. The Morgan fingerprint density at radius 1 is 1.35 bits per heavy atom.